The molecule has 4 nitrogen and oxygen atoms in total. The van der Waals surface area contributed by atoms with Crippen molar-refractivity contribution in [2.75, 3.05) is 7.05 Å². The molecule has 23 heavy (non-hydrogen) atoms. The Hall–Kier alpha value is -1.89. The molecule has 0 saturated carbocycles. The summed E-state index contributed by atoms with van der Waals surface area (Å²) in [6.07, 6.45) is 0. The summed E-state index contributed by atoms with van der Waals surface area (Å²) in [6.45, 7) is 2.48. The SMILES string of the molecule is CNCc1cc(-c2ccsc2)n(S(=O)(=O)c2ccccc2)c1C. The largest absolute Gasteiger partial charge is 0.316 e. The van der Waals surface area contributed by atoms with E-state index in [1.165, 1.54) is 3.97 Å². The summed E-state index contributed by atoms with van der Waals surface area (Å²) in [5.74, 6) is 0. The second-order valence-corrected chi connectivity index (χ2v) is 7.83. The molecule has 120 valence electrons. The lowest BCUT2D eigenvalue weighted by molar-refractivity contribution is 0.586. The van der Waals surface area contributed by atoms with Crippen LogP contribution in [0.4, 0.5) is 0 Å². The Morgan fingerprint density at radius 3 is 2.52 bits per heavy atom. The normalized spacial score (nSPS) is 11.7. The number of benzene rings is 1. The molecule has 0 aliphatic carbocycles. The lowest BCUT2D eigenvalue weighted by Crippen LogP contribution is -2.16. The molecule has 3 rings (SSSR count). The molecule has 3 aromatic rings. The molecule has 1 aromatic carbocycles. The van der Waals surface area contributed by atoms with Gasteiger partial charge in [0.15, 0.2) is 0 Å². The average Bonchev–Trinajstić information content (AvgIpc) is 3.17. The highest BCUT2D eigenvalue weighted by atomic mass is 32.2. The third kappa shape index (κ3) is 2.85. The standard InChI is InChI=1S/C17H18N2O2S2/c1-13-15(11-18-2)10-17(14-8-9-22-12-14)19(13)23(20,21)16-6-4-3-5-7-16/h3-10,12,18H,11H2,1-2H3. The Labute approximate surface area is 140 Å². The van der Waals surface area contributed by atoms with Gasteiger partial charge in [-0.3, -0.25) is 0 Å². The molecule has 0 aliphatic rings. The van der Waals surface area contributed by atoms with Gasteiger partial charge in [-0.05, 0) is 49.2 Å². The van der Waals surface area contributed by atoms with Crippen LogP contribution in [-0.4, -0.2) is 19.4 Å². The monoisotopic (exact) mass is 346 g/mol. The van der Waals surface area contributed by atoms with Crippen molar-refractivity contribution in [3.63, 3.8) is 0 Å². The van der Waals surface area contributed by atoms with Crippen LogP contribution in [0, 0.1) is 6.92 Å². The van der Waals surface area contributed by atoms with Crippen molar-refractivity contribution in [3.8, 4) is 11.3 Å². The summed E-state index contributed by atoms with van der Waals surface area (Å²) < 4.78 is 27.7. The fraction of sp³-hybridized carbons (Fsp3) is 0.176. The lowest BCUT2D eigenvalue weighted by atomic mass is 10.2. The predicted octanol–water partition coefficient (Wildman–Crippen LogP) is 3.48. The van der Waals surface area contributed by atoms with Gasteiger partial charge in [-0.25, -0.2) is 12.4 Å². The summed E-state index contributed by atoms with van der Waals surface area (Å²) in [6, 6.07) is 12.4. The highest BCUT2D eigenvalue weighted by Gasteiger charge is 2.24. The summed E-state index contributed by atoms with van der Waals surface area (Å²) in [4.78, 5) is 0.297. The molecule has 0 aliphatic heterocycles. The molecular formula is C17H18N2O2S2. The Morgan fingerprint density at radius 2 is 1.91 bits per heavy atom. The minimum Gasteiger partial charge on any atom is -0.316 e. The van der Waals surface area contributed by atoms with Crippen LogP contribution in [0.1, 0.15) is 11.3 Å². The average molecular weight is 346 g/mol. The first kappa shape index (κ1) is 16.0. The second kappa shape index (κ2) is 6.31. The smallest absolute Gasteiger partial charge is 0.268 e. The van der Waals surface area contributed by atoms with E-state index in [9.17, 15) is 8.42 Å². The Kier molecular flexibility index (Phi) is 4.39. The van der Waals surface area contributed by atoms with E-state index in [1.807, 2.05) is 42.9 Å². The molecule has 0 atom stereocenters. The molecule has 1 N–H and O–H groups in total. The van der Waals surface area contributed by atoms with Gasteiger partial charge in [0.25, 0.3) is 10.0 Å². The van der Waals surface area contributed by atoms with Gasteiger partial charge in [-0.2, -0.15) is 11.3 Å². The molecule has 2 heterocycles. The Bertz CT molecular complexity index is 896. The van der Waals surface area contributed by atoms with E-state index in [0.29, 0.717) is 17.1 Å². The van der Waals surface area contributed by atoms with Gasteiger partial charge in [-0.15, -0.1) is 0 Å². The van der Waals surface area contributed by atoms with E-state index in [-0.39, 0.29) is 0 Å². The Morgan fingerprint density at radius 1 is 1.17 bits per heavy atom. The minimum atomic E-state index is -3.63. The third-order valence-electron chi connectivity index (χ3n) is 3.76. The zero-order valence-electron chi connectivity index (χ0n) is 13.0. The van der Waals surface area contributed by atoms with E-state index < -0.39 is 10.0 Å². The van der Waals surface area contributed by atoms with Gasteiger partial charge in [-0.1, -0.05) is 18.2 Å². The molecule has 0 unspecified atom stereocenters. The molecule has 0 amide bonds. The summed E-state index contributed by atoms with van der Waals surface area (Å²) in [5, 5.41) is 7.02. The van der Waals surface area contributed by atoms with Crippen molar-refractivity contribution < 1.29 is 8.42 Å². The van der Waals surface area contributed by atoms with Gasteiger partial charge in [0.05, 0.1) is 10.6 Å². The number of rotatable bonds is 5. The number of hydrogen-bond acceptors (Lipinski definition) is 4. The van der Waals surface area contributed by atoms with Crippen LogP contribution >= 0.6 is 11.3 Å². The van der Waals surface area contributed by atoms with Crippen LogP contribution in [-0.2, 0) is 16.6 Å². The van der Waals surface area contributed by atoms with Crippen molar-refractivity contribution in [2.45, 2.75) is 18.4 Å². The van der Waals surface area contributed by atoms with Gasteiger partial charge in [0, 0.05) is 23.2 Å². The maximum atomic E-state index is 13.1. The van der Waals surface area contributed by atoms with Gasteiger partial charge in [0.1, 0.15) is 0 Å². The topological polar surface area (TPSA) is 51.1 Å². The molecule has 0 saturated heterocycles. The zero-order valence-corrected chi connectivity index (χ0v) is 14.6. The number of hydrogen-bond donors (Lipinski definition) is 1. The molecule has 0 fully saturated rings. The van der Waals surface area contributed by atoms with Gasteiger partial charge >= 0.3 is 0 Å². The summed E-state index contributed by atoms with van der Waals surface area (Å²) in [7, 11) is -1.78. The zero-order chi connectivity index (χ0) is 16.4. The summed E-state index contributed by atoms with van der Waals surface area (Å²) >= 11 is 1.55. The molecular weight excluding hydrogens is 328 g/mol. The predicted molar refractivity (Wildman–Crippen MR) is 94.3 cm³/mol. The van der Waals surface area contributed by atoms with Crippen LogP contribution in [0.3, 0.4) is 0 Å². The Balaban J connectivity index is 2.26. The van der Waals surface area contributed by atoms with Crippen LogP contribution < -0.4 is 5.32 Å². The maximum absolute atomic E-state index is 13.1. The van der Waals surface area contributed by atoms with Gasteiger partial charge < -0.3 is 5.32 Å². The fourth-order valence-corrected chi connectivity index (χ4v) is 4.88. The van der Waals surface area contributed by atoms with Crippen molar-refractivity contribution >= 4 is 21.4 Å². The molecule has 0 radical (unpaired) electrons. The van der Waals surface area contributed by atoms with Gasteiger partial charge in [0.2, 0.25) is 0 Å². The lowest BCUT2D eigenvalue weighted by Gasteiger charge is -2.12. The number of nitrogens with one attached hydrogen (secondary N) is 1. The number of aromatic nitrogens is 1. The first-order valence-corrected chi connectivity index (χ1v) is 9.63. The van der Waals surface area contributed by atoms with Crippen molar-refractivity contribution in [3.05, 3.63) is 64.5 Å². The van der Waals surface area contributed by atoms with E-state index >= 15 is 0 Å². The van der Waals surface area contributed by atoms with Crippen molar-refractivity contribution in [2.24, 2.45) is 0 Å². The van der Waals surface area contributed by atoms with Crippen molar-refractivity contribution in [1.82, 2.24) is 9.29 Å². The maximum Gasteiger partial charge on any atom is 0.268 e. The molecule has 2 aromatic heterocycles. The highest BCUT2D eigenvalue weighted by molar-refractivity contribution is 7.90. The fourth-order valence-electron chi connectivity index (χ4n) is 2.63. The number of nitrogens with zero attached hydrogens (tertiary/aromatic N) is 1. The number of thiophene rings is 1. The van der Waals surface area contributed by atoms with E-state index in [1.54, 1.807) is 35.6 Å². The molecule has 6 heteroatoms. The third-order valence-corrected chi connectivity index (χ3v) is 6.27. The summed E-state index contributed by atoms with van der Waals surface area (Å²) in [5.41, 5.74) is 3.34. The van der Waals surface area contributed by atoms with Crippen LogP contribution in [0.15, 0.2) is 58.1 Å². The van der Waals surface area contributed by atoms with Crippen LogP contribution in [0.5, 0.6) is 0 Å². The van der Waals surface area contributed by atoms with Crippen LogP contribution in [0.25, 0.3) is 11.3 Å². The molecule has 0 bridgehead atoms. The van der Waals surface area contributed by atoms with Crippen molar-refractivity contribution in [1.29, 1.82) is 0 Å². The second-order valence-electron chi connectivity index (χ2n) is 5.27. The highest BCUT2D eigenvalue weighted by Crippen LogP contribution is 2.31. The van der Waals surface area contributed by atoms with E-state index in [4.69, 9.17) is 0 Å². The molecule has 0 spiro atoms. The van der Waals surface area contributed by atoms with E-state index in [2.05, 4.69) is 5.32 Å². The quantitative estimate of drug-likeness (QED) is 0.769. The minimum absolute atomic E-state index is 0.297. The van der Waals surface area contributed by atoms with E-state index in [0.717, 1.165) is 16.8 Å². The first-order chi connectivity index (χ1) is 11.1. The van der Waals surface area contributed by atoms with Crippen LogP contribution in [0.2, 0.25) is 0 Å². The first-order valence-electron chi connectivity index (χ1n) is 7.24.